The molecule has 1 saturated carbocycles. The van der Waals surface area contributed by atoms with E-state index >= 15 is 0 Å². The Balaban J connectivity index is 1.84. The number of rotatable bonds is 4. The van der Waals surface area contributed by atoms with Gasteiger partial charge in [-0.1, -0.05) is 0 Å². The molecular weight excluding hydrogens is 210 g/mol. The number of hydrogen-bond acceptors (Lipinski definition) is 4. The minimum absolute atomic E-state index is 0.0438. The first-order chi connectivity index (χ1) is 7.66. The van der Waals surface area contributed by atoms with E-state index in [4.69, 9.17) is 0 Å². The molecule has 86 valence electrons. The maximum absolute atomic E-state index is 11.7. The largest absolute Gasteiger partial charge is 0.352 e. The normalized spacial score (nSPS) is 14.6. The summed E-state index contributed by atoms with van der Waals surface area (Å²) in [4.78, 5) is 24.4. The summed E-state index contributed by atoms with van der Waals surface area (Å²) in [7, 11) is 1.56. The lowest BCUT2D eigenvalue weighted by Crippen LogP contribution is -2.39. The molecule has 0 saturated heterocycles. The molecule has 1 aromatic rings. The lowest BCUT2D eigenvalue weighted by molar-refractivity contribution is -0.121. The molecule has 16 heavy (non-hydrogen) atoms. The molecule has 0 bridgehead atoms. The predicted octanol–water partition coefficient (Wildman–Crippen LogP) is -0.845. The van der Waals surface area contributed by atoms with Crippen molar-refractivity contribution < 1.29 is 9.59 Å². The fourth-order valence-electron chi connectivity index (χ4n) is 1.29. The number of carbonyl (C=O) groups excluding carboxylic acids is 2. The molecule has 0 aromatic carbocycles. The molecule has 7 nitrogen and oxygen atoms in total. The van der Waals surface area contributed by atoms with Crippen LogP contribution in [0.4, 0.5) is 0 Å². The molecule has 2 rings (SSSR count). The van der Waals surface area contributed by atoms with E-state index < -0.39 is 0 Å². The van der Waals surface area contributed by atoms with Gasteiger partial charge in [-0.15, -0.1) is 0 Å². The third-order valence-corrected chi connectivity index (χ3v) is 2.30. The molecule has 0 aliphatic heterocycles. The Morgan fingerprint density at radius 2 is 2.38 bits per heavy atom. The summed E-state index contributed by atoms with van der Waals surface area (Å²) in [5, 5.41) is 12.4. The smallest absolute Gasteiger partial charge is 0.276 e. The fourth-order valence-corrected chi connectivity index (χ4v) is 1.29. The molecule has 1 aliphatic rings. The Hall–Kier alpha value is -1.92. The molecule has 7 heteroatoms. The molecule has 2 N–H and O–H groups in total. The maximum atomic E-state index is 11.7. The number of nitrogens with zero attached hydrogens (tertiary/aromatic N) is 3. The minimum Gasteiger partial charge on any atom is -0.352 e. The summed E-state index contributed by atoms with van der Waals surface area (Å²) in [5.74, 6) is -0.457. The Labute approximate surface area is 92.2 Å². The van der Waals surface area contributed by atoms with Crippen molar-refractivity contribution in [3.8, 4) is 0 Å². The SMILES string of the molecule is CN(CC(=O)NC1CC1)C(=O)c1cn[nH]n1. The van der Waals surface area contributed by atoms with E-state index in [0.29, 0.717) is 6.04 Å². The molecule has 1 aliphatic carbocycles. The van der Waals surface area contributed by atoms with E-state index in [9.17, 15) is 9.59 Å². The predicted molar refractivity (Wildman–Crippen MR) is 54.5 cm³/mol. The summed E-state index contributed by atoms with van der Waals surface area (Å²) in [6.07, 6.45) is 3.40. The van der Waals surface area contributed by atoms with Gasteiger partial charge in [0.2, 0.25) is 5.91 Å². The third-order valence-electron chi connectivity index (χ3n) is 2.30. The molecular formula is C9H13N5O2. The second kappa shape index (κ2) is 4.30. The highest BCUT2D eigenvalue weighted by atomic mass is 16.2. The number of aromatic nitrogens is 3. The van der Waals surface area contributed by atoms with E-state index in [-0.39, 0.29) is 24.1 Å². The molecule has 2 amide bonds. The topological polar surface area (TPSA) is 91.0 Å². The van der Waals surface area contributed by atoms with Crippen molar-refractivity contribution in [2.45, 2.75) is 18.9 Å². The highest BCUT2D eigenvalue weighted by Gasteiger charge is 2.24. The molecule has 0 unspecified atom stereocenters. The average molecular weight is 223 g/mol. The first-order valence-corrected chi connectivity index (χ1v) is 5.07. The van der Waals surface area contributed by atoms with Crippen LogP contribution in [-0.2, 0) is 4.79 Å². The van der Waals surface area contributed by atoms with Gasteiger partial charge < -0.3 is 10.2 Å². The van der Waals surface area contributed by atoms with Crippen molar-refractivity contribution >= 4 is 11.8 Å². The van der Waals surface area contributed by atoms with Crippen LogP contribution in [0.5, 0.6) is 0 Å². The van der Waals surface area contributed by atoms with Crippen molar-refractivity contribution in [2.75, 3.05) is 13.6 Å². The van der Waals surface area contributed by atoms with Crippen LogP contribution in [0.2, 0.25) is 0 Å². The third kappa shape index (κ3) is 2.56. The van der Waals surface area contributed by atoms with Crippen molar-refractivity contribution in [1.82, 2.24) is 25.6 Å². The molecule has 1 heterocycles. The van der Waals surface area contributed by atoms with Crippen LogP contribution in [-0.4, -0.2) is 51.8 Å². The van der Waals surface area contributed by atoms with Crippen molar-refractivity contribution in [3.63, 3.8) is 0 Å². The zero-order valence-electron chi connectivity index (χ0n) is 8.93. The van der Waals surface area contributed by atoms with Crippen LogP contribution in [0.25, 0.3) is 0 Å². The van der Waals surface area contributed by atoms with Crippen LogP contribution in [0.1, 0.15) is 23.3 Å². The first kappa shape index (κ1) is 10.6. The molecule has 0 atom stereocenters. The lowest BCUT2D eigenvalue weighted by atomic mass is 10.4. The second-order valence-corrected chi connectivity index (χ2v) is 3.86. The van der Waals surface area contributed by atoms with Gasteiger partial charge in [-0.25, -0.2) is 0 Å². The Morgan fingerprint density at radius 3 is 2.94 bits per heavy atom. The zero-order valence-corrected chi connectivity index (χ0v) is 8.93. The number of hydrogen-bond donors (Lipinski definition) is 2. The average Bonchev–Trinajstić information content (AvgIpc) is 2.89. The van der Waals surface area contributed by atoms with E-state index in [1.807, 2.05) is 0 Å². The minimum atomic E-state index is -0.320. The van der Waals surface area contributed by atoms with Gasteiger partial charge >= 0.3 is 0 Å². The summed E-state index contributed by atoms with van der Waals surface area (Å²) >= 11 is 0. The van der Waals surface area contributed by atoms with E-state index in [1.165, 1.54) is 11.1 Å². The second-order valence-electron chi connectivity index (χ2n) is 3.86. The molecule has 1 aromatic heterocycles. The molecule has 0 spiro atoms. The van der Waals surface area contributed by atoms with Gasteiger partial charge in [0.15, 0.2) is 5.69 Å². The van der Waals surface area contributed by atoms with Gasteiger partial charge in [0, 0.05) is 13.1 Å². The first-order valence-electron chi connectivity index (χ1n) is 5.07. The van der Waals surface area contributed by atoms with Gasteiger partial charge in [0.05, 0.1) is 12.7 Å². The van der Waals surface area contributed by atoms with E-state index in [0.717, 1.165) is 12.8 Å². The lowest BCUT2D eigenvalue weighted by Gasteiger charge is -2.14. The Bertz CT molecular complexity index is 385. The number of amides is 2. The standard InChI is InChI=1S/C9H13N5O2/c1-14(5-8(15)11-6-2-3-6)9(16)7-4-10-13-12-7/h4,6H,2-3,5H2,1H3,(H,11,15)(H,10,12,13). The maximum Gasteiger partial charge on any atom is 0.276 e. The van der Waals surface area contributed by atoms with Crippen LogP contribution in [0.3, 0.4) is 0 Å². The Kier molecular flexibility index (Phi) is 2.84. The fraction of sp³-hybridized carbons (Fsp3) is 0.556. The number of nitrogens with one attached hydrogen (secondary N) is 2. The van der Waals surface area contributed by atoms with Crippen LogP contribution < -0.4 is 5.32 Å². The highest BCUT2D eigenvalue weighted by Crippen LogP contribution is 2.18. The van der Waals surface area contributed by atoms with Gasteiger partial charge in [-0.05, 0) is 12.8 Å². The Morgan fingerprint density at radius 1 is 1.62 bits per heavy atom. The zero-order chi connectivity index (χ0) is 11.5. The van der Waals surface area contributed by atoms with Crippen LogP contribution in [0.15, 0.2) is 6.20 Å². The highest BCUT2D eigenvalue weighted by molar-refractivity contribution is 5.94. The monoisotopic (exact) mass is 223 g/mol. The number of carbonyl (C=O) groups is 2. The van der Waals surface area contributed by atoms with Crippen LogP contribution in [0, 0.1) is 0 Å². The summed E-state index contributed by atoms with van der Waals surface area (Å²) in [6.45, 7) is 0.0438. The van der Waals surface area contributed by atoms with Gasteiger partial charge in [-0.3, -0.25) is 9.59 Å². The molecule has 0 radical (unpaired) electrons. The summed E-state index contributed by atoms with van der Waals surface area (Å²) in [5.41, 5.74) is 0.210. The molecule has 1 fully saturated rings. The van der Waals surface area contributed by atoms with Crippen molar-refractivity contribution in [2.24, 2.45) is 0 Å². The number of likely N-dealkylation sites (N-methyl/N-ethyl adjacent to an activating group) is 1. The summed E-state index contributed by atoms with van der Waals surface area (Å²) in [6, 6.07) is 0.308. The van der Waals surface area contributed by atoms with Crippen LogP contribution >= 0.6 is 0 Å². The van der Waals surface area contributed by atoms with E-state index in [1.54, 1.807) is 7.05 Å². The number of H-pyrrole nitrogens is 1. The van der Waals surface area contributed by atoms with Gasteiger partial charge in [-0.2, -0.15) is 15.4 Å². The summed E-state index contributed by atoms with van der Waals surface area (Å²) < 4.78 is 0. The van der Waals surface area contributed by atoms with Crippen molar-refractivity contribution in [3.05, 3.63) is 11.9 Å². The van der Waals surface area contributed by atoms with Gasteiger partial charge in [0.25, 0.3) is 5.91 Å². The van der Waals surface area contributed by atoms with Crippen molar-refractivity contribution in [1.29, 1.82) is 0 Å². The number of aromatic amines is 1. The quantitative estimate of drug-likeness (QED) is 0.696. The van der Waals surface area contributed by atoms with Gasteiger partial charge in [0.1, 0.15) is 0 Å². The van der Waals surface area contributed by atoms with E-state index in [2.05, 4.69) is 20.7 Å².